The van der Waals surface area contributed by atoms with Crippen LogP contribution in [0, 0.1) is 0 Å². The Hall–Kier alpha value is -0.150. The molecule has 1 rings (SSSR count). The molecule has 0 aliphatic carbocycles. The van der Waals surface area contributed by atoms with Gasteiger partial charge in [0, 0.05) is 6.42 Å². The predicted molar refractivity (Wildman–Crippen MR) is 38.8 cm³/mol. The van der Waals surface area contributed by atoms with Gasteiger partial charge in [0.1, 0.15) is 0 Å². The summed E-state index contributed by atoms with van der Waals surface area (Å²) in [6.45, 7) is 2.77. The Balaban J connectivity index is 0.000000640. The van der Waals surface area contributed by atoms with Crippen LogP contribution in [0.3, 0.4) is 0 Å². The van der Waals surface area contributed by atoms with Gasteiger partial charge in [0.05, 0.1) is 0 Å². The molecule has 0 atom stereocenters. The number of hydrogen-bond acceptors (Lipinski definition) is 3. The highest BCUT2D eigenvalue weighted by Crippen LogP contribution is 2.34. The molecule has 0 spiro atoms. The van der Waals surface area contributed by atoms with Crippen molar-refractivity contribution in [1.82, 2.24) is 0 Å². The molecule has 0 bridgehead atoms. The van der Waals surface area contributed by atoms with Crippen LogP contribution in [0.1, 0.15) is 19.8 Å². The van der Waals surface area contributed by atoms with E-state index in [0.717, 1.165) is 12.8 Å². The molecule has 0 amide bonds. The number of hydrogen-bond donors (Lipinski definition) is 1. The number of nitrogens with zero attached hydrogens (tertiary/aromatic N) is 2. The average molecular weight is 150 g/mol. The molecule has 1 aliphatic rings. The van der Waals surface area contributed by atoms with E-state index < -0.39 is 0 Å². The van der Waals surface area contributed by atoms with Gasteiger partial charge in [-0.1, -0.05) is 6.92 Å². The van der Waals surface area contributed by atoms with E-state index in [9.17, 15) is 0 Å². The Kier molecular flexibility index (Phi) is 3.08. The lowest BCUT2D eigenvalue weighted by Gasteiger charge is -2.01. The summed E-state index contributed by atoms with van der Waals surface area (Å²) in [5.41, 5.74) is 5.28. The van der Waals surface area contributed by atoms with E-state index in [1.807, 2.05) is 0 Å². The van der Waals surface area contributed by atoms with E-state index in [0.29, 0.717) is 6.54 Å². The first-order valence-corrected chi connectivity index (χ1v) is 2.97. The first-order chi connectivity index (χ1) is 3.83. The third-order valence-corrected chi connectivity index (χ3v) is 1.49. The summed E-state index contributed by atoms with van der Waals surface area (Å²) in [7, 11) is 0. The van der Waals surface area contributed by atoms with E-state index in [1.54, 1.807) is 0 Å². The molecule has 0 radical (unpaired) electrons. The molecule has 9 heavy (non-hydrogen) atoms. The lowest BCUT2D eigenvalue weighted by Crippen LogP contribution is -2.15. The molecule has 0 aromatic rings. The normalized spacial score (nSPS) is 18.9. The Labute approximate surface area is 61.1 Å². The van der Waals surface area contributed by atoms with E-state index in [2.05, 4.69) is 17.2 Å². The highest BCUT2D eigenvalue weighted by molar-refractivity contribution is 5.85. The summed E-state index contributed by atoms with van der Waals surface area (Å²) < 4.78 is 0. The monoisotopic (exact) mass is 149 g/mol. The van der Waals surface area contributed by atoms with Crippen LogP contribution in [0.5, 0.6) is 0 Å². The van der Waals surface area contributed by atoms with Crippen molar-refractivity contribution in [1.29, 1.82) is 0 Å². The molecule has 3 nitrogen and oxygen atoms in total. The van der Waals surface area contributed by atoms with Gasteiger partial charge in [0.2, 0.25) is 0 Å². The molecule has 1 heterocycles. The van der Waals surface area contributed by atoms with Crippen molar-refractivity contribution in [3.63, 3.8) is 0 Å². The second-order valence-corrected chi connectivity index (χ2v) is 2.07. The van der Waals surface area contributed by atoms with Gasteiger partial charge in [-0.2, -0.15) is 10.2 Å². The molecule has 0 aromatic carbocycles. The van der Waals surface area contributed by atoms with Crippen LogP contribution in [0.4, 0.5) is 0 Å². The van der Waals surface area contributed by atoms with Gasteiger partial charge in [-0.3, -0.25) is 0 Å². The Morgan fingerprint density at radius 1 is 1.44 bits per heavy atom. The summed E-state index contributed by atoms with van der Waals surface area (Å²) in [5.74, 6) is 0. The van der Waals surface area contributed by atoms with Gasteiger partial charge in [-0.15, -0.1) is 12.4 Å². The molecule has 1 aliphatic heterocycles. The van der Waals surface area contributed by atoms with Crippen LogP contribution in [-0.2, 0) is 0 Å². The molecule has 54 valence electrons. The lowest BCUT2D eigenvalue weighted by molar-refractivity contribution is 0.538. The maximum atomic E-state index is 5.31. The van der Waals surface area contributed by atoms with Gasteiger partial charge < -0.3 is 5.73 Å². The van der Waals surface area contributed by atoms with Crippen molar-refractivity contribution in [2.24, 2.45) is 16.0 Å². The van der Waals surface area contributed by atoms with E-state index >= 15 is 0 Å². The quantitative estimate of drug-likeness (QED) is 0.647. The number of rotatable bonds is 3. The van der Waals surface area contributed by atoms with Crippen molar-refractivity contribution >= 4 is 12.4 Å². The van der Waals surface area contributed by atoms with Gasteiger partial charge in [-0.25, -0.2) is 0 Å². The van der Waals surface area contributed by atoms with Crippen LogP contribution >= 0.6 is 12.4 Å². The van der Waals surface area contributed by atoms with Crippen molar-refractivity contribution in [3.8, 4) is 0 Å². The van der Waals surface area contributed by atoms with Crippen molar-refractivity contribution < 1.29 is 0 Å². The molecular formula is C5H12ClN3. The van der Waals surface area contributed by atoms with Crippen LogP contribution < -0.4 is 5.73 Å². The van der Waals surface area contributed by atoms with Crippen molar-refractivity contribution in [2.75, 3.05) is 6.54 Å². The Morgan fingerprint density at radius 2 is 2.00 bits per heavy atom. The maximum absolute atomic E-state index is 5.31. The second-order valence-electron chi connectivity index (χ2n) is 2.07. The summed E-state index contributed by atoms with van der Waals surface area (Å²) >= 11 is 0. The molecule has 0 aromatic heterocycles. The van der Waals surface area contributed by atoms with Crippen LogP contribution in [-0.4, -0.2) is 12.2 Å². The highest BCUT2D eigenvalue weighted by Gasteiger charge is 2.36. The van der Waals surface area contributed by atoms with Gasteiger partial charge in [-0.05, 0) is 13.0 Å². The largest absolute Gasteiger partial charge is 0.330 e. The van der Waals surface area contributed by atoms with Gasteiger partial charge in [0.15, 0.2) is 5.66 Å². The van der Waals surface area contributed by atoms with Crippen LogP contribution in [0.15, 0.2) is 10.2 Å². The second kappa shape index (κ2) is 3.13. The zero-order chi connectivity index (χ0) is 6.04. The van der Waals surface area contributed by atoms with Crippen LogP contribution in [0.25, 0.3) is 0 Å². The van der Waals surface area contributed by atoms with Crippen molar-refractivity contribution in [2.45, 2.75) is 25.4 Å². The topological polar surface area (TPSA) is 50.7 Å². The molecule has 0 saturated carbocycles. The Bertz CT molecular complexity index is 107. The van der Waals surface area contributed by atoms with Gasteiger partial charge >= 0.3 is 0 Å². The summed E-state index contributed by atoms with van der Waals surface area (Å²) in [6.07, 6.45) is 1.92. The molecule has 0 saturated heterocycles. The highest BCUT2D eigenvalue weighted by atomic mass is 35.5. The average Bonchev–Trinajstić information content (AvgIpc) is 2.50. The standard InChI is InChI=1S/C5H11N3.ClH/c1-2-5(3-4-6)7-8-5;/h2-4,6H2,1H3;1H. The SMILES string of the molecule is CCC1(CCN)N=N1.Cl. The molecular weight excluding hydrogens is 138 g/mol. The molecule has 4 heteroatoms. The third-order valence-electron chi connectivity index (χ3n) is 1.49. The molecule has 0 unspecified atom stereocenters. The number of nitrogens with two attached hydrogens (primary N) is 1. The zero-order valence-corrected chi connectivity index (χ0v) is 6.32. The number of halogens is 1. The van der Waals surface area contributed by atoms with E-state index in [-0.39, 0.29) is 18.1 Å². The minimum Gasteiger partial charge on any atom is -0.330 e. The summed E-state index contributed by atoms with van der Waals surface area (Å²) in [6, 6.07) is 0. The smallest absolute Gasteiger partial charge is 0.191 e. The fraction of sp³-hybridized carbons (Fsp3) is 1.00. The molecule has 2 N–H and O–H groups in total. The minimum absolute atomic E-state index is 0. The third kappa shape index (κ3) is 1.91. The maximum Gasteiger partial charge on any atom is 0.191 e. The minimum atomic E-state index is -0.0330. The fourth-order valence-corrected chi connectivity index (χ4v) is 0.720. The van der Waals surface area contributed by atoms with Crippen molar-refractivity contribution in [3.05, 3.63) is 0 Å². The Morgan fingerprint density at radius 3 is 2.11 bits per heavy atom. The predicted octanol–water partition coefficient (Wildman–Crippen LogP) is 1.33. The zero-order valence-electron chi connectivity index (χ0n) is 5.50. The van der Waals surface area contributed by atoms with Crippen LogP contribution in [0.2, 0.25) is 0 Å². The first kappa shape index (κ1) is 8.85. The molecule has 0 fully saturated rings. The lowest BCUT2D eigenvalue weighted by atomic mass is 10.1. The van der Waals surface area contributed by atoms with Gasteiger partial charge in [0.25, 0.3) is 0 Å². The fourth-order valence-electron chi connectivity index (χ4n) is 0.720. The van der Waals surface area contributed by atoms with E-state index in [1.165, 1.54) is 0 Å². The van der Waals surface area contributed by atoms with E-state index in [4.69, 9.17) is 5.73 Å². The first-order valence-electron chi connectivity index (χ1n) is 2.97. The summed E-state index contributed by atoms with van der Waals surface area (Å²) in [5, 5.41) is 7.77. The summed E-state index contributed by atoms with van der Waals surface area (Å²) in [4.78, 5) is 0.